The van der Waals surface area contributed by atoms with Gasteiger partial charge in [-0.3, -0.25) is 4.79 Å². The van der Waals surface area contributed by atoms with Crippen molar-refractivity contribution >= 4 is 5.91 Å². The van der Waals surface area contributed by atoms with Crippen molar-refractivity contribution < 1.29 is 24.1 Å². The van der Waals surface area contributed by atoms with Gasteiger partial charge in [0, 0.05) is 24.6 Å². The molecule has 1 aromatic rings. The number of aliphatic hydroxyl groups is 1. The van der Waals surface area contributed by atoms with Crippen LogP contribution in [0, 0.1) is 5.92 Å². The Bertz CT molecular complexity index is 622. The van der Waals surface area contributed by atoms with E-state index < -0.39 is 5.60 Å². The van der Waals surface area contributed by atoms with Gasteiger partial charge in [-0.15, -0.1) is 0 Å². The van der Waals surface area contributed by atoms with Crippen LogP contribution < -0.4 is 14.2 Å². The molecule has 0 spiro atoms. The summed E-state index contributed by atoms with van der Waals surface area (Å²) in [4.78, 5) is 14.8. The molecule has 3 rings (SSSR count). The number of ether oxygens (including phenoxy) is 3. The number of nitrogens with zero attached hydrogens (tertiary/aromatic N) is 1. The maximum atomic E-state index is 13.0. The summed E-state index contributed by atoms with van der Waals surface area (Å²) in [6.07, 6.45) is 4.68. The molecule has 138 valence electrons. The van der Waals surface area contributed by atoms with Crippen molar-refractivity contribution in [1.29, 1.82) is 0 Å². The van der Waals surface area contributed by atoms with E-state index in [9.17, 15) is 9.90 Å². The van der Waals surface area contributed by atoms with E-state index in [4.69, 9.17) is 14.2 Å². The van der Waals surface area contributed by atoms with Gasteiger partial charge in [0.2, 0.25) is 5.75 Å². The number of hydrogen-bond acceptors (Lipinski definition) is 5. The molecule has 1 aromatic carbocycles. The van der Waals surface area contributed by atoms with Crippen LogP contribution in [0.15, 0.2) is 12.1 Å². The summed E-state index contributed by atoms with van der Waals surface area (Å²) in [7, 11) is 4.61. The van der Waals surface area contributed by atoms with E-state index in [1.54, 1.807) is 12.1 Å². The first-order valence-corrected chi connectivity index (χ1v) is 8.84. The molecule has 2 aliphatic rings. The van der Waals surface area contributed by atoms with Crippen LogP contribution >= 0.6 is 0 Å². The summed E-state index contributed by atoms with van der Waals surface area (Å²) in [6.45, 7) is 1.18. The fourth-order valence-electron chi connectivity index (χ4n) is 4.14. The lowest BCUT2D eigenvalue weighted by Crippen LogP contribution is -2.54. The maximum Gasteiger partial charge on any atom is 0.254 e. The molecule has 1 N–H and O–H groups in total. The van der Waals surface area contributed by atoms with Crippen molar-refractivity contribution in [2.75, 3.05) is 34.4 Å². The number of amides is 1. The average molecular weight is 349 g/mol. The Kier molecular flexibility index (Phi) is 5.08. The van der Waals surface area contributed by atoms with Crippen LogP contribution in [-0.4, -0.2) is 55.9 Å². The lowest BCUT2D eigenvalue weighted by Gasteiger charge is -2.47. The Hall–Kier alpha value is -1.95. The molecule has 1 saturated carbocycles. The zero-order valence-electron chi connectivity index (χ0n) is 15.2. The minimum absolute atomic E-state index is 0.0631. The molecule has 0 unspecified atom stereocenters. The van der Waals surface area contributed by atoms with E-state index in [2.05, 4.69) is 0 Å². The first kappa shape index (κ1) is 17.9. The standard InChI is InChI=1S/C19H27NO5/c1-23-15-10-13(11-16(24-2)17(15)25-3)18(21)20-9-8-19(22)7-5-4-6-14(19)12-20/h10-11,14,22H,4-9,12H2,1-3H3/t14-,19-/m1/s1. The average Bonchev–Trinajstić information content (AvgIpc) is 2.65. The molecule has 6 nitrogen and oxygen atoms in total. The summed E-state index contributed by atoms with van der Waals surface area (Å²) in [6, 6.07) is 3.37. The van der Waals surface area contributed by atoms with Gasteiger partial charge in [0.25, 0.3) is 5.91 Å². The van der Waals surface area contributed by atoms with E-state index in [1.807, 2.05) is 4.90 Å². The van der Waals surface area contributed by atoms with Gasteiger partial charge in [0.15, 0.2) is 11.5 Å². The molecule has 0 aromatic heterocycles. The first-order valence-electron chi connectivity index (χ1n) is 8.84. The molecule has 0 radical (unpaired) electrons. The van der Waals surface area contributed by atoms with Gasteiger partial charge in [0.05, 0.1) is 26.9 Å². The van der Waals surface area contributed by atoms with Crippen molar-refractivity contribution in [2.24, 2.45) is 5.92 Å². The largest absolute Gasteiger partial charge is 0.493 e. The number of hydrogen-bond donors (Lipinski definition) is 1. The highest BCUT2D eigenvalue weighted by molar-refractivity contribution is 5.95. The van der Waals surface area contributed by atoms with E-state index in [0.29, 0.717) is 42.3 Å². The van der Waals surface area contributed by atoms with Gasteiger partial charge in [-0.2, -0.15) is 0 Å². The van der Waals surface area contributed by atoms with Gasteiger partial charge in [-0.25, -0.2) is 0 Å². The molecular weight excluding hydrogens is 322 g/mol. The molecule has 1 amide bonds. The number of carbonyl (C=O) groups is 1. The first-order chi connectivity index (χ1) is 12.0. The Labute approximate surface area is 148 Å². The minimum atomic E-state index is -0.593. The molecule has 2 atom stereocenters. The van der Waals surface area contributed by atoms with Crippen molar-refractivity contribution in [1.82, 2.24) is 4.90 Å². The smallest absolute Gasteiger partial charge is 0.254 e. The van der Waals surface area contributed by atoms with Gasteiger partial charge in [-0.1, -0.05) is 12.8 Å². The third kappa shape index (κ3) is 3.27. The lowest BCUT2D eigenvalue weighted by atomic mass is 9.71. The van der Waals surface area contributed by atoms with Crippen LogP contribution in [0.4, 0.5) is 0 Å². The van der Waals surface area contributed by atoms with Crippen LogP contribution in [0.5, 0.6) is 17.2 Å². The van der Waals surface area contributed by atoms with Crippen molar-refractivity contribution in [2.45, 2.75) is 37.7 Å². The number of carbonyl (C=O) groups excluding carboxylic acids is 1. The van der Waals surface area contributed by atoms with Crippen LogP contribution in [-0.2, 0) is 0 Å². The summed E-state index contributed by atoms with van der Waals surface area (Å²) in [5, 5.41) is 10.8. The predicted molar refractivity (Wildman–Crippen MR) is 93.5 cm³/mol. The topological polar surface area (TPSA) is 68.2 Å². The summed E-state index contributed by atoms with van der Waals surface area (Å²) in [5.41, 5.74) is -0.0830. The Morgan fingerprint density at radius 3 is 2.40 bits per heavy atom. The fourth-order valence-corrected chi connectivity index (χ4v) is 4.14. The second-order valence-electron chi connectivity index (χ2n) is 6.96. The van der Waals surface area contributed by atoms with E-state index >= 15 is 0 Å². The van der Waals surface area contributed by atoms with E-state index in [-0.39, 0.29) is 11.8 Å². The number of rotatable bonds is 4. The molecule has 6 heteroatoms. The highest BCUT2D eigenvalue weighted by Crippen LogP contribution is 2.41. The van der Waals surface area contributed by atoms with Gasteiger partial charge in [-0.05, 0) is 31.4 Å². The molecule has 2 fully saturated rings. The van der Waals surface area contributed by atoms with Gasteiger partial charge in [0.1, 0.15) is 0 Å². The Morgan fingerprint density at radius 2 is 1.80 bits per heavy atom. The second-order valence-corrected chi connectivity index (χ2v) is 6.96. The van der Waals surface area contributed by atoms with Gasteiger partial charge >= 0.3 is 0 Å². The Morgan fingerprint density at radius 1 is 1.12 bits per heavy atom. The number of fused-ring (bicyclic) bond motifs is 1. The number of methoxy groups -OCH3 is 3. The highest BCUT2D eigenvalue weighted by atomic mass is 16.5. The zero-order valence-corrected chi connectivity index (χ0v) is 15.2. The third-order valence-corrected chi connectivity index (χ3v) is 5.63. The third-order valence-electron chi connectivity index (χ3n) is 5.63. The van der Waals surface area contributed by atoms with Crippen LogP contribution in [0.2, 0.25) is 0 Å². The highest BCUT2D eigenvalue weighted by Gasteiger charge is 2.43. The lowest BCUT2D eigenvalue weighted by molar-refractivity contribution is -0.0886. The molecule has 1 aliphatic heterocycles. The fraction of sp³-hybridized carbons (Fsp3) is 0.632. The molecular formula is C19H27NO5. The predicted octanol–water partition coefficient (Wildman–Crippen LogP) is 2.48. The van der Waals surface area contributed by atoms with Crippen LogP contribution in [0.1, 0.15) is 42.5 Å². The molecule has 0 bridgehead atoms. The van der Waals surface area contributed by atoms with Gasteiger partial charge < -0.3 is 24.2 Å². The molecule has 25 heavy (non-hydrogen) atoms. The molecule has 1 aliphatic carbocycles. The minimum Gasteiger partial charge on any atom is -0.493 e. The summed E-state index contributed by atoms with van der Waals surface area (Å²) >= 11 is 0. The van der Waals surface area contributed by atoms with Crippen LogP contribution in [0.25, 0.3) is 0 Å². The molecule has 1 saturated heterocycles. The summed E-state index contributed by atoms with van der Waals surface area (Å²) in [5.74, 6) is 1.52. The normalized spacial score (nSPS) is 25.9. The van der Waals surface area contributed by atoms with Crippen molar-refractivity contribution in [3.8, 4) is 17.2 Å². The number of likely N-dealkylation sites (tertiary alicyclic amines) is 1. The maximum absolute atomic E-state index is 13.0. The van der Waals surface area contributed by atoms with E-state index in [0.717, 1.165) is 25.7 Å². The van der Waals surface area contributed by atoms with E-state index in [1.165, 1.54) is 21.3 Å². The SMILES string of the molecule is COc1cc(C(=O)N2CC[C@]3(O)CCCC[C@@H]3C2)cc(OC)c1OC. The zero-order chi connectivity index (χ0) is 18.0. The van der Waals surface area contributed by atoms with Crippen molar-refractivity contribution in [3.05, 3.63) is 17.7 Å². The van der Waals surface area contributed by atoms with Crippen LogP contribution in [0.3, 0.4) is 0 Å². The number of piperidine rings is 1. The quantitative estimate of drug-likeness (QED) is 0.904. The summed E-state index contributed by atoms with van der Waals surface area (Å²) < 4.78 is 16.0. The number of benzene rings is 1. The Balaban J connectivity index is 1.83. The van der Waals surface area contributed by atoms with Crippen molar-refractivity contribution in [3.63, 3.8) is 0 Å². The monoisotopic (exact) mass is 349 g/mol. The molecule has 1 heterocycles. The second kappa shape index (κ2) is 7.12.